The first-order chi connectivity index (χ1) is 10.5. The second-order valence-corrected chi connectivity index (χ2v) is 9.36. The zero-order valence-corrected chi connectivity index (χ0v) is 16.3. The van der Waals surface area contributed by atoms with Crippen LogP contribution in [0.4, 0.5) is 0 Å². The molecule has 136 valence electrons. The van der Waals surface area contributed by atoms with Gasteiger partial charge < -0.3 is 10.5 Å². The van der Waals surface area contributed by atoms with E-state index in [1.54, 1.807) is 0 Å². The van der Waals surface area contributed by atoms with Gasteiger partial charge in [-0.2, -0.15) is 0 Å². The van der Waals surface area contributed by atoms with E-state index >= 15 is 0 Å². The van der Waals surface area contributed by atoms with Crippen molar-refractivity contribution in [2.75, 3.05) is 0 Å². The highest BCUT2D eigenvalue weighted by Crippen LogP contribution is 2.36. The SMILES string of the molecule is CCC1(OC(=O)C(CC(C)(C)C)C(C)(C)N)CCCCCCC1. The van der Waals surface area contributed by atoms with Crippen molar-refractivity contribution >= 4 is 5.97 Å². The van der Waals surface area contributed by atoms with Gasteiger partial charge in [0.15, 0.2) is 0 Å². The smallest absolute Gasteiger partial charge is 0.311 e. The Kier molecular flexibility index (Phi) is 7.12. The molecule has 0 bridgehead atoms. The average molecular weight is 326 g/mol. The summed E-state index contributed by atoms with van der Waals surface area (Å²) < 4.78 is 6.18. The molecule has 0 heterocycles. The van der Waals surface area contributed by atoms with Crippen LogP contribution in [0.2, 0.25) is 0 Å². The number of nitrogens with two attached hydrogens (primary N) is 1. The van der Waals surface area contributed by atoms with E-state index in [1.807, 2.05) is 13.8 Å². The molecule has 1 unspecified atom stereocenters. The maximum absolute atomic E-state index is 13.0. The lowest BCUT2D eigenvalue weighted by Gasteiger charge is -2.39. The molecule has 1 fully saturated rings. The van der Waals surface area contributed by atoms with Crippen molar-refractivity contribution in [2.45, 2.75) is 110 Å². The first kappa shape index (κ1) is 20.5. The van der Waals surface area contributed by atoms with Crippen LogP contribution in [0.1, 0.15) is 99.3 Å². The van der Waals surface area contributed by atoms with E-state index in [-0.39, 0.29) is 22.9 Å². The van der Waals surface area contributed by atoms with E-state index in [0.717, 1.165) is 38.5 Å². The Morgan fingerprint density at radius 2 is 1.52 bits per heavy atom. The van der Waals surface area contributed by atoms with Gasteiger partial charge in [0.25, 0.3) is 0 Å². The molecule has 0 spiro atoms. The number of esters is 1. The molecule has 1 rings (SSSR count). The zero-order chi connectivity index (χ0) is 17.7. The molecular formula is C20H39NO2. The summed E-state index contributed by atoms with van der Waals surface area (Å²) in [5, 5.41) is 0. The average Bonchev–Trinajstić information content (AvgIpc) is 2.37. The lowest BCUT2D eigenvalue weighted by atomic mass is 9.76. The molecule has 0 amide bonds. The van der Waals surface area contributed by atoms with Crippen LogP contribution in [0.25, 0.3) is 0 Å². The van der Waals surface area contributed by atoms with Crippen molar-refractivity contribution in [2.24, 2.45) is 17.1 Å². The van der Waals surface area contributed by atoms with Crippen LogP contribution in [-0.4, -0.2) is 17.1 Å². The predicted octanol–water partition coefficient (Wildman–Crippen LogP) is 5.21. The minimum Gasteiger partial charge on any atom is -0.459 e. The molecule has 0 aromatic heterocycles. The molecule has 1 aliphatic carbocycles. The van der Waals surface area contributed by atoms with Crippen LogP contribution in [0.3, 0.4) is 0 Å². The van der Waals surface area contributed by atoms with E-state index < -0.39 is 5.54 Å². The summed E-state index contributed by atoms with van der Waals surface area (Å²) in [4.78, 5) is 13.0. The quantitative estimate of drug-likeness (QED) is 0.706. The Balaban J connectivity index is 2.89. The summed E-state index contributed by atoms with van der Waals surface area (Å²) in [6, 6.07) is 0. The van der Waals surface area contributed by atoms with E-state index in [9.17, 15) is 4.79 Å². The fourth-order valence-corrected chi connectivity index (χ4v) is 3.62. The lowest BCUT2D eigenvalue weighted by Crippen LogP contribution is -2.49. The van der Waals surface area contributed by atoms with Crippen LogP contribution < -0.4 is 5.73 Å². The lowest BCUT2D eigenvalue weighted by molar-refractivity contribution is -0.171. The summed E-state index contributed by atoms with van der Waals surface area (Å²) in [5.74, 6) is -0.341. The molecule has 0 aromatic rings. The molecule has 1 aliphatic rings. The summed E-state index contributed by atoms with van der Waals surface area (Å²) in [5.41, 5.74) is 5.57. The second kappa shape index (κ2) is 8.00. The van der Waals surface area contributed by atoms with Gasteiger partial charge in [-0.1, -0.05) is 47.0 Å². The largest absolute Gasteiger partial charge is 0.459 e. The van der Waals surface area contributed by atoms with Gasteiger partial charge >= 0.3 is 5.97 Å². The Morgan fingerprint density at radius 3 is 1.91 bits per heavy atom. The third-order valence-corrected chi connectivity index (χ3v) is 5.23. The van der Waals surface area contributed by atoms with Crippen molar-refractivity contribution in [3.05, 3.63) is 0 Å². The molecule has 0 radical (unpaired) electrons. The molecule has 2 N–H and O–H groups in total. The number of rotatable bonds is 5. The maximum Gasteiger partial charge on any atom is 0.311 e. The standard InChI is InChI=1S/C20H39NO2/c1-7-20(13-11-9-8-10-12-14-20)23-17(22)16(19(5,6)21)15-18(2,3)4/h16H,7-15,21H2,1-6H3. The number of hydrogen-bond acceptors (Lipinski definition) is 3. The van der Waals surface area contributed by atoms with Gasteiger partial charge in [-0.05, 0) is 57.8 Å². The Morgan fingerprint density at radius 1 is 1.04 bits per heavy atom. The second-order valence-electron chi connectivity index (χ2n) is 9.36. The van der Waals surface area contributed by atoms with Crippen LogP contribution >= 0.6 is 0 Å². The molecule has 23 heavy (non-hydrogen) atoms. The van der Waals surface area contributed by atoms with Gasteiger partial charge in [-0.25, -0.2) is 0 Å². The van der Waals surface area contributed by atoms with Crippen molar-refractivity contribution in [1.29, 1.82) is 0 Å². The first-order valence-electron chi connectivity index (χ1n) is 9.51. The van der Waals surface area contributed by atoms with E-state index in [0.29, 0.717) is 0 Å². The van der Waals surface area contributed by atoms with Gasteiger partial charge in [0.2, 0.25) is 0 Å². The topological polar surface area (TPSA) is 52.3 Å². The first-order valence-corrected chi connectivity index (χ1v) is 9.51. The fourth-order valence-electron chi connectivity index (χ4n) is 3.62. The number of carbonyl (C=O) groups excluding carboxylic acids is 1. The normalized spacial score (nSPS) is 21.2. The van der Waals surface area contributed by atoms with Crippen molar-refractivity contribution in [1.82, 2.24) is 0 Å². The van der Waals surface area contributed by atoms with Gasteiger partial charge in [0.1, 0.15) is 5.60 Å². The molecule has 1 saturated carbocycles. The zero-order valence-electron chi connectivity index (χ0n) is 16.3. The molecule has 1 atom stereocenters. The van der Waals surface area contributed by atoms with Crippen LogP contribution in [0.5, 0.6) is 0 Å². The minimum absolute atomic E-state index is 0.0562. The van der Waals surface area contributed by atoms with Crippen LogP contribution in [-0.2, 0) is 9.53 Å². The highest BCUT2D eigenvalue weighted by Gasteiger charge is 2.40. The van der Waals surface area contributed by atoms with Gasteiger partial charge in [0, 0.05) is 5.54 Å². The molecule has 0 aliphatic heterocycles. The van der Waals surface area contributed by atoms with Gasteiger partial charge in [0.05, 0.1) is 5.92 Å². The van der Waals surface area contributed by atoms with Crippen LogP contribution in [0, 0.1) is 11.3 Å². The Bertz CT molecular complexity index is 368. The highest BCUT2D eigenvalue weighted by molar-refractivity contribution is 5.74. The van der Waals surface area contributed by atoms with Crippen LogP contribution in [0.15, 0.2) is 0 Å². The van der Waals surface area contributed by atoms with Crippen molar-refractivity contribution < 1.29 is 9.53 Å². The van der Waals surface area contributed by atoms with E-state index in [4.69, 9.17) is 10.5 Å². The number of hydrogen-bond donors (Lipinski definition) is 1. The molecule has 3 heteroatoms. The number of ether oxygens (including phenoxy) is 1. The molecule has 3 nitrogen and oxygen atoms in total. The molecule has 0 aromatic carbocycles. The maximum atomic E-state index is 13.0. The molecular weight excluding hydrogens is 286 g/mol. The Hall–Kier alpha value is -0.570. The Labute approximate surface area is 143 Å². The third kappa shape index (κ3) is 6.82. The van der Waals surface area contributed by atoms with E-state index in [2.05, 4.69) is 27.7 Å². The third-order valence-electron chi connectivity index (χ3n) is 5.23. The summed E-state index contributed by atoms with van der Waals surface area (Å²) in [7, 11) is 0. The highest BCUT2D eigenvalue weighted by atomic mass is 16.6. The summed E-state index contributed by atoms with van der Waals surface area (Å²) in [6.45, 7) is 12.5. The van der Waals surface area contributed by atoms with Crippen molar-refractivity contribution in [3.8, 4) is 0 Å². The summed E-state index contributed by atoms with van der Waals surface area (Å²) >= 11 is 0. The number of carbonyl (C=O) groups is 1. The van der Waals surface area contributed by atoms with Gasteiger partial charge in [-0.3, -0.25) is 4.79 Å². The molecule has 0 saturated heterocycles. The fraction of sp³-hybridized carbons (Fsp3) is 0.950. The monoisotopic (exact) mass is 325 g/mol. The predicted molar refractivity (Wildman–Crippen MR) is 97.3 cm³/mol. The van der Waals surface area contributed by atoms with Crippen molar-refractivity contribution in [3.63, 3.8) is 0 Å². The van der Waals surface area contributed by atoms with E-state index in [1.165, 1.54) is 19.3 Å². The minimum atomic E-state index is -0.555. The van der Waals surface area contributed by atoms with Gasteiger partial charge in [-0.15, -0.1) is 0 Å². The summed E-state index contributed by atoms with van der Waals surface area (Å²) in [6.07, 6.45) is 9.83.